The van der Waals surface area contributed by atoms with E-state index in [4.69, 9.17) is 0 Å². The second-order valence-electron chi connectivity index (χ2n) is 3.21. The summed E-state index contributed by atoms with van der Waals surface area (Å²) in [6, 6.07) is 0.196. The lowest BCUT2D eigenvalue weighted by Crippen LogP contribution is -2.36. The monoisotopic (exact) mass is 171 g/mol. The average Bonchev–Trinajstić information content (AvgIpc) is 2.04. The van der Waals surface area contributed by atoms with Gasteiger partial charge in [0.15, 0.2) is 0 Å². The standard InChI is InChI=1S/C9H14FNO/c1-7(12)11(2)9-5-3-8(10)4-6-9/h3,9H,4-6H2,1-2H3. The van der Waals surface area contributed by atoms with Gasteiger partial charge in [-0.05, 0) is 12.8 Å². The smallest absolute Gasteiger partial charge is 0.219 e. The summed E-state index contributed by atoms with van der Waals surface area (Å²) in [6.45, 7) is 1.54. The van der Waals surface area contributed by atoms with Gasteiger partial charge in [-0.3, -0.25) is 4.79 Å². The van der Waals surface area contributed by atoms with Crippen LogP contribution in [0.15, 0.2) is 11.9 Å². The Balaban J connectivity index is 2.51. The third-order valence-electron chi connectivity index (χ3n) is 2.37. The molecule has 0 saturated heterocycles. The average molecular weight is 171 g/mol. The van der Waals surface area contributed by atoms with Crippen molar-refractivity contribution in [1.82, 2.24) is 4.90 Å². The molecule has 0 heterocycles. The van der Waals surface area contributed by atoms with Crippen molar-refractivity contribution in [2.45, 2.75) is 32.2 Å². The minimum atomic E-state index is -0.0387. The Hall–Kier alpha value is -0.860. The van der Waals surface area contributed by atoms with E-state index in [0.29, 0.717) is 12.8 Å². The molecule has 0 aromatic rings. The van der Waals surface area contributed by atoms with Crippen LogP contribution in [0.3, 0.4) is 0 Å². The number of hydrogen-bond acceptors (Lipinski definition) is 1. The Morgan fingerprint density at radius 1 is 1.75 bits per heavy atom. The number of hydrogen-bond donors (Lipinski definition) is 0. The summed E-state index contributed by atoms with van der Waals surface area (Å²) >= 11 is 0. The van der Waals surface area contributed by atoms with Gasteiger partial charge in [0, 0.05) is 26.4 Å². The van der Waals surface area contributed by atoms with Gasteiger partial charge in [-0.2, -0.15) is 0 Å². The molecule has 0 aromatic carbocycles. The van der Waals surface area contributed by atoms with Gasteiger partial charge in [0.2, 0.25) is 5.91 Å². The van der Waals surface area contributed by atoms with E-state index in [0.717, 1.165) is 6.42 Å². The van der Waals surface area contributed by atoms with Crippen molar-refractivity contribution in [3.8, 4) is 0 Å². The highest BCUT2D eigenvalue weighted by Crippen LogP contribution is 2.22. The molecule has 0 spiro atoms. The van der Waals surface area contributed by atoms with Crippen LogP contribution < -0.4 is 0 Å². The molecule has 0 saturated carbocycles. The maximum absolute atomic E-state index is 12.6. The predicted octanol–water partition coefficient (Wildman–Crippen LogP) is 1.87. The molecule has 0 bridgehead atoms. The molecule has 12 heavy (non-hydrogen) atoms. The Morgan fingerprint density at radius 3 is 2.83 bits per heavy atom. The molecule has 1 rings (SSSR count). The Bertz CT molecular complexity index is 213. The van der Waals surface area contributed by atoms with Gasteiger partial charge in [-0.25, -0.2) is 4.39 Å². The van der Waals surface area contributed by atoms with Crippen LogP contribution in [-0.2, 0) is 4.79 Å². The van der Waals surface area contributed by atoms with Gasteiger partial charge in [0.1, 0.15) is 0 Å². The first-order valence-electron chi connectivity index (χ1n) is 4.19. The van der Waals surface area contributed by atoms with Crippen LogP contribution in [0.2, 0.25) is 0 Å². The van der Waals surface area contributed by atoms with E-state index in [1.165, 1.54) is 6.92 Å². The fourth-order valence-corrected chi connectivity index (χ4v) is 1.40. The second-order valence-corrected chi connectivity index (χ2v) is 3.21. The number of carbonyl (C=O) groups is 1. The van der Waals surface area contributed by atoms with Crippen molar-refractivity contribution in [3.05, 3.63) is 11.9 Å². The predicted molar refractivity (Wildman–Crippen MR) is 45.3 cm³/mol. The number of carbonyl (C=O) groups excluding carboxylic acids is 1. The highest BCUT2D eigenvalue weighted by molar-refractivity contribution is 5.73. The lowest BCUT2D eigenvalue weighted by molar-refractivity contribution is -0.129. The maximum Gasteiger partial charge on any atom is 0.219 e. The lowest BCUT2D eigenvalue weighted by Gasteiger charge is -2.28. The second kappa shape index (κ2) is 3.70. The molecular formula is C9H14FNO. The molecule has 68 valence electrons. The first-order chi connectivity index (χ1) is 5.61. The molecule has 0 radical (unpaired) electrons. The van der Waals surface area contributed by atoms with Crippen LogP contribution in [0.1, 0.15) is 26.2 Å². The zero-order chi connectivity index (χ0) is 9.14. The van der Waals surface area contributed by atoms with Gasteiger partial charge in [-0.15, -0.1) is 0 Å². The molecule has 1 aliphatic rings. The van der Waals surface area contributed by atoms with E-state index in [1.54, 1.807) is 18.0 Å². The topological polar surface area (TPSA) is 20.3 Å². The number of allylic oxidation sites excluding steroid dienone is 1. The molecule has 0 aromatic heterocycles. The van der Waals surface area contributed by atoms with Gasteiger partial charge >= 0.3 is 0 Å². The van der Waals surface area contributed by atoms with Gasteiger partial charge in [-0.1, -0.05) is 6.08 Å². The molecule has 2 nitrogen and oxygen atoms in total. The largest absolute Gasteiger partial charge is 0.343 e. The summed E-state index contributed by atoms with van der Waals surface area (Å²) in [6.07, 6.45) is 3.45. The summed E-state index contributed by atoms with van der Waals surface area (Å²) in [7, 11) is 1.77. The third-order valence-corrected chi connectivity index (χ3v) is 2.37. The fourth-order valence-electron chi connectivity index (χ4n) is 1.40. The van der Waals surface area contributed by atoms with Crippen molar-refractivity contribution in [2.75, 3.05) is 7.05 Å². The van der Waals surface area contributed by atoms with E-state index in [9.17, 15) is 9.18 Å². The van der Waals surface area contributed by atoms with Crippen LogP contribution in [-0.4, -0.2) is 23.9 Å². The van der Waals surface area contributed by atoms with Crippen molar-refractivity contribution in [2.24, 2.45) is 0 Å². The quantitative estimate of drug-likeness (QED) is 0.589. The Kier molecular flexibility index (Phi) is 2.84. The van der Waals surface area contributed by atoms with Crippen LogP contribution in [0.25, 0.3) is 0 Å². The molecular weight excluding hydrogens is 157 g/mol. The summed E-state index contributed by atoms with van der Waals surface area (Å²) < 4.78 is 12.6. The summed E-state index contributed by atoms with van der Waals surface area (Å²) in [5.74, 6) is 0.0129. The molecule has 3 heteroatoms. The van der Waals surface area contributed by atoms with Crippen molar-refractivity contribution in [3.63, 3.8) is 0 Å². The molecule has 0 fully saturated rings. The number of halogens is 1. The maximum atomic E-state index is 12.6. The van der Waals surface area contributed by atoms with E-state index in [2.05, 4.69) is 0 Å². The van der Waals surface area contributed by atoms with Crippen molar-refractivity contribution in [1.29, 1.82) is 0 Å². The molecule has 1 atom stereocenters. The van der Waals surface area contributed by atoms with Crippen LogP contribution >= 0.6 is 0 Å². The minimum absolute atomic E-state index is 0.0387. The Morgan fingerprint density at radius 2 is 2.42 bits per heavy atom. The summed E-state index contributed by atoms with van der Waals surface area (Å²) in [5, 5.41) is 0. The van der Waals surface area contributed by atoms with Crippen LogP contribution in [0.4, 0.5) is 4.39 Å². The first-order valence-corrected chi connectivity index (χ1v) is 4.19. The van der Waals surface area contributed by atoms with Gasteiger partial charge in [0.05, 0.1) is 5.83 Å². The molecule has 1 aliphatic carbocycles. The van der Waals surface area contributed by atoms with Crippen LogP contribution in [0, 0.1) is 0 Å². The third kappa shape index (κ3) is 2.06. The zero-order valence-electron chi connectivity index (χ0n) is 7.51. The number of rotatable bonds is 1. The highest BCUT2D eigenvalue weighted by atomic mass is 19.1. The van der Waals surface area contributed by atoms with E-state index in [-0.39, 0.29) is 17.8 Å². The zero-order valence-corrected chi connectivity index (χ0v) is 7.51. The van der Waals surface area contributed by atoms with Gasteiger partial charge in [0.25, 0.3) is 0 Å². The number of amides is 1. The molecule has 0 aliphatic heterocycles. The van der Waals surface area contributed by atoms with E-state index >= 15 is 0 Å². The minimum Gasteiger partial charge on any atom is -0.343 e. The molecule has 0 N–H and O–H groups in total. The van der Waals surface area contributed by atoms with E-state index in [1.807, 2.05) is 0 Å². The van der Waals surface area contributed by atoms with Crippen molar-refractivity contribution >= 4 is 5.91 Å². The summed E-state index contributed by atoms with van der Waals surface area (Å²) in [4.78, 5) is 12.6. The summed E-state index contributed by atoms with van der Waals surface area (Å²) in [5.41, 5.74) is 0. The van der Waals surface area contributed by atoms with Crippen LogP contribution in [0.5, 0.6) is 0 Å². The first kappa shape index (κ1) is 9.23. The highest BCUT2D eigenvalue weighted by Gasteiger charge is 2.19. The molecule has 1 amide bonds. The molecule has 1 unspecified atom stereocenters. The number of nitrogens with zero attached hydrogens (tertiary/aromatic N) is 1. The lowest BCUT2D eigenvalue weighted by atomic mass is 10.00. The fraction of sp³-hybridized carbons (Fsp3) is 0.667. The normalized spacial score (nSPS) is 23.2. The van der Waals surface area contributed by atoms with Crippen molar-refractivity contribution < 1.29 is 9.18 Å². The van der Waals surface area contributed by atoms with Gasteiger partial charge < -0.3 is 4.90 Å². The SMILES string of the molecule is CC(=O)N(C)C1CC=C(F)CC1. The van der Waals surface area contributed by atoms with E-state index < -0.39 is 0 Å². The Labute approximate surface area is 72.1 Å².